The van der Waals surface area contributed by atoms with Gasteiger partial charge in [-0.3, -0.25) is 9.59 Å². The maximum atomic E-state index is 12.8. The van der Waals surface area contributed by atoms with Crippen molar-refractivity contribution < 1.29 is 23.9 Å². The van der Waals surface area contributed by atoms with Crippen LogP contribution in [0.4, 0.5) is 0 Å². The molecule has 1 N–H and O–H groups in total. The molecule has 198 valence electrons. The average molecular weight is 482 g/mol. The normalized spacial score (nSPS) is 19.3. The Bertz CT molecular complexity index is 565. The molecule has 1 amide bonds. The molecule has 0 radical (unpaired) electrons. The lowest BCUT2D eigenvalue weighted by atomic mass is 9.86. The number of ether oxygens (including phenoxy) is 2. The summed E-state index contributed by atoms with van der Waals surface area (Å²) in [6.45, 7) is 8.42. The first-order chi connectivity index (χ1) is 16.4. The lowest BCUT2D eigenvalue weighted by Gasteiger charge is -2.37. The number of hydrogen-bond donors (Lipinski definition) is 1. The van der Waals surface area contributed by atoms with E-state index < -0.39 is 6.04 Å². The molecular formula is C28H51NO5. The molecule has 0 unspecified atom stereocenters. The molecular weight excluding hydrogens is 430 g/mol. The summed E-state index contributed by atoms with van der Waals surface area (Å²) in [6, 6.07) is -0.632. The molecule has 1 rings (SSSR count). The smallest absolute Gasteiger partial charge is 0.328 e. The van der Waals surface area contributed by atoms with Gasteiger partial charge in [0.15, 0.2) is 0 Å². The summed E-state index contributed by atoms with van der Waals surface area (Å²) >= 11 is 0. The van der Waals surface area contributed by atoms with Crippen LogP contribution in [0.5, 0.6) is 0 Å². The molecule has 6 nitrogen and oxygen atoms in total. The van der Waals surface area contributed by atoms with Gasteiger partial charge in [-0.15, -0.1) is 0 Å². The zero-order valence-corrected chi connectivity index (χ0v) is 22.3. The van der Waals surface area contributed by atoms with Gasteiger partial charge >= 0.3 is 11.9 Å². The number of hydrogen-bond acceptors (Lipinski definition) is 5. The van der Waals surface area contributed by atoms with Crippen LogP contribution in [0.3, 0.4) is 0 Å². The standard InChI is InChI=1S/C28H51NO5/c1-5-7-9-10-11-12-13-14-16-17-23(33-28(32)25(29-21-30)19-22(3)4)20-26-24(27(31)34-26)18-15-8-6-2/h21-26H,5-20H2,1-4H3,(H,29,30)/t23-,24-,25-,26-/m0/s1. The van der Waals surface area contributed by atoms with Gasteiger partial charge in [-0.2, -0.15) is 0 Å². The molecule has 1 fully saturated rings. The number of cyclic esters (lactones) is 1. The summed E-state index contributed by atoms with van der Waals surface area (Å²) < 4.78 is 11.4. The molecule has 0 spiro atoms. The SMILES string of the molecule is CCCCCCCCCCC[C@@H](C[C@@H]1OC(=O)[C@H]1CCCCC)OC(=O)[C@H](CC(C)C)NC=O. The molecule has 1 heterocycles. The fourth-order valence-electron chi connectivity index (χ4n) is 4.73. The van der Waals surface area contributed by atoms with Crippen LogP contribution in [-0.2, 0) is 23.9 Å². The van der Waals surface area contributed by atoms with Gasteiger partial charge in [-0.05, 0) is 31.6 Å². The highest BCUT2D eigenvalue weighted by Crippen LogP contribution is 2.32. The van der Waals surface area contributed by atoms with Gasteiger partial charge in [0.05, 0.1) is 5.92 Å². The lowest BCUT2D eigenvalue weighted by Crippen LogP contribution is -2.48. The van der Waals surface area contributed by atoms with E-state index in [1.807, 2.05) is 13.8 Å². The molecule has 6 heteroatoms. The topological polar surface area (TPSA) is 81.7 Å². The van der Waals surface area contributed by atoms with Crippen LogP contribution in [0.25, 0.3) is 0 Å². The Balaban J connectivity index is 2.57. The van der Waals surface area contributed by atoms with E-state index in [4.69, 9.17) is 9.47 Å². The molecule has 0 aliphatic carbocycles. The molecule has 0 saturated carbocycles. The molecule has 0 aromatic heterocycles. The molecule has 1 saturated heterocycles. The maximum Gasteiger partial charge on any atom is 0.328 e. The largest absolute Gasteiger partial charge is 0.461 e. The van der Waals surface area contributed by atoms with Crippen LogP contribution in [-0.4, -0.2) is 36.6 Å². The van der Waals surface area contributed by atoms with Crippen molar-refractivity contribution in [2.45, 2.75) is 149 Å². The Morgan fingerprint density at radius 3 is 2.12 bits per heavy atom. The number of esters is 2. The maximum absolute atomic E-state index is 12.8. The van der Waals surface area contributed by atoms with Gasteiger partial charge in [0.1, 0.15) is 18.2 Å². The molecule has 0 bridgehead atoms. The third-order valence-corrected chi connectivity index (χ3v) is 6.81. The summed E-state index contributed by atoms with van der Waals surface area (Å²) in [6.07, 6.45) is 17.2. The predicted molar refractivity (Wildman–Crippen MR) is 136 cm³/mol. The predicted octanol–water partition coefficient (Wildman–Crippen LogP) is 6.49. The number of carbonyl (C=O) groups excluding carboxylic acids is 3. The van der Waals surface area contributed by atoms with Crippen LogP contribution >= 0.6 is 0 Å². The summed E-state index contributed by atoms with van der Waals surface area (Å²) in [5.41, 5.74) is 0. The van der Waals surface area contributed by atoms with E-state index in [9.17, 15) is 14.4 Å². The number of nitrogens with one attached hydrogen (secondary N) is 1. The van der Waals surface area contributed by atoms with Crippen LogP contribution in [0.2, 0.25) is 0 Å². The summed E-state index contributed by atoms with van der Waals surface area (Å²) in [4.78, 5) is 35.8. The number of carbonyl (C=O) groups is 3. The highest BCUT2D eigenvalue weighted by Gasteiger charge is 2.43. The van der Waals surface area contributed by atoms with Gasteiger partial charge in [0, 0.05) is 6.42 Å². The molecule has 1 aliphatic rings. The highest BCUT2D eigenvalue weighted by molar-refractivity contribution is 5.79. The van der Waals surface area contributed by atoms with E-state index in [1.165, 1.54) is 44.9 Å². The lowest BCUT2D eigenvalue weighted by molar-refractivity contribution is -0.190. The van der Waals surface area contributed by atoms with E-state index in [0.29, 0.717) is 19.3 Å². The van der Waals surface area contributed by atoms with Gasteiger partial charge in [-0.25, -0.2) is 4.79 Å². The van der Waals surface area contributed by atoms with Crippen molar-refractivity contribution in [3.63, 3.8) is 0 Å². The Morgan fingerprint density at radius 2 is 1.56 bits per heavy atom. The van der Waals surface area contributed by atoms with Crippen LogP contribution in [0.15, 0.2) is 0 Å². The van der Waals surface area contributed by atoms with E-state index in [0.717, 1.165) is 44.9 Å². The Hall–Kier alpha value is -1.59. The minimum atomic E-state index is -0.632. The minimum Gasteiger partial charge on any atom is -0.461 e. The molecule has 34 heavy (non-hydrogen) atoms. The summed E-state index contributed by atoms with van der Waals surface area (Å²) in [7, 11) is 0. The van der Waals surface area contributed by atoms with Gasteiger partial charge in [-0.1, -0.05) is 98.3 Å². The fourth-order valence-corrected chi connectivity index (χ4v) is 4.73. The van der Waals surface area contributed by atoms with E-state index >= 15 is 0 Å². The summed E-state index contributed by atoms with van der Waals surface area (Å²) in [5, 5.41) is 2.61. The number of unbranched alkanes of at least 4 members (excludes halogenated alkanes) is 10. The molecule has 4 atom stereocenters. The molecule has 1 aliphatic heterocycles. The second-order valence-corrected chi connectivity index (χ2v) is 10.5. The van der Waals surface area contributed by atoms with Crippen LogP contribution < -0.4 is 5.32 Å². The Labute approximate surface area is 208 Å². The fraction of sp³-hybridized carbons (Fsp3) is 0.893. The van der Waals surface area contributed by atoms with Crippen molar-refractivity contribution in [3.05, 3.63) is 0 Å². The van der Waals surface area contributed by atoms with E-state index in [-0.39, 0.29) is 36.0 Å². The number of amides is 1. The average Bonchev–Trinajstić information content (AvgIpc) is 2.79. The van der Waals surface area contributed by atoms with Crippen molar-refractivity contribution in [3.8, 4) is 0 Å². The van der Waals surface area contributed by atoms with Crippen molar-refractivity contribution in [1.29, 1.82) is 0 Å². The quantitative estimate of drug-likeness (QED) is 0.109. The van der Waals surface area contributed by atoms with E-state index in [2.05, 4.69) is 19.2 Å². The zero-order chi connectivity index (χ0) is 25.2. The van der Waals surface area contributed by atoms with Crippen molar-refractivity contribution in [1.82, 2.24) is 5.32 Å². The first-order valence-electron chi connectivity index (χ1n) is 14.0. The second kappa shape index (κ2) is 18.7. The molecule has 0 aromatic carbocycles. The van der Waals surface area contributed by atoms with Gasteiger partial charge < -0.3 is 14.8 Å². The van der Waals surface area contributed by atoms with Crippen molar-refractivity contribution in [2.75, 3.05) is 0 Å². The monoisotopic (exact) mass is 481 g/mol. The third kappa shape index (κ3) is 12.8. The Morgan fingerprint density at radius 1 is 0.971 bits per heavy atom. The van der Waals surface area contributed by atoms with E-state index in [1.54, 1.807) is 0 Å². The summed E-state index contributed by atoms with van der Waals surface area (Å²) in [5.74, 6) is -0.309. The zero-order valence-electron chi connectivity index (χ0n) is 22.3. The first kappa shape index (κ1) is 30.4. The molecule has 0 aromatic rings. The van der Waals surface area contributed by atoms with Gasteiger partial charge in [0.2, 0.25) is 6.41 Å². The van der Waals surface area contributed by atoms with Gasteiger partial charge in [0.25, 0.3) is 0 Å². The number of rotatable bonds is 22. The third-order valence-electron chi connectivity index (χ3n) is 6.81. The van der Waals surface area contributed by atoms with Crippen LogP contribution in [0, 0.1) is 11.8 Å². The van der Waals surface area contributed by atoms with Crippen molar-refractivity contribution in [2.24, 2.45) is 11.8 Å². The first-order valence-corrected chi connectivity index (χ1v) is 14.0. The minimum absolute atomic E-state index is 0.0737. The highest BCUT2D eigenvalue weighted by atomic mass is 16.6. The Kier molecular flexibility index (Phi) is 16.7. The van der Waals surface area contributed by atoms with Crippen LogP contribution in [0.1, 0.15) is 130 Å². The second-order valence-electron chi connectivity index (χ2n) is 10.5. The van der Waals surface area contributed by atoms with Crippen molar-refractivity contribution >= 4 is 18.3 Å².